The van der Waals surface area contributed by atoms with Crippen molar-refractivity contribution in [2.75, 3.05) is 19.6 Å². The minimum atomic E-state index is -0.390. The van der Waals surface area contributed by atoms with E-state index in [1.807, 2.05) is 4.90 Å². The van der Waals surface area contributed by atoms with Gasteiger partial charge in [-0.2, -0.15) is 0 Å². The molecule has 1 aromatic heterocycles. The molecule has 0 unspecified atom stereocenters. The molecule has 146 valence electrons. The van der Waals surface area contributed by atoms with E-state index in [2.05, 4.69) is 20.1 Å². The summed E-state index contributed by atoms with van der Waals surface area (Å²) in [4.78, 5) is 14.4. The fourth-order valence-electron chi connectivity index (χ4n) is 3.74. The normalized spacial score (nSPS) is 17.3. The number of nitrogens with zero attached hydrogens (tertiary/aromatic N) is 4. The largest absolute Gasteiger partial charge is 0.342 e. The summed E-state index contributed by atoms with van der Waals surface area (Å²) < 4.78 is 15.4. The second-order valence-electron chi connectivity index (χ2n) is 6.87. The first-order chi connectivity index (χ1) is 12.6. The first-order valence-corrected chi connectivity index (χ1v) is 9.34. The Hall–Kier alpha value is -1.70. The average molecular weight is 414 g/mol. The Kier molecular flexibility index (Phi) is 6.34. The van der Waals surface area contributed by atoms with Gasteiger partial charge in [-0.3, -0.25) is 4.79 Å². The number of nitrogens with one attached hydrogen (secondary N) is 1. The van der Waals surface area contributed by atoms with Crippen molar-refractivity contribution < 1.29 is 9.18 Å². The monoisotopic (exact) mass is 413 g/mol. The molecule has 27 heavy (non-hydrogen) atoms. The van der Waals surface area contributed by atoms with Crippen LogP contribution in [-0.2, 0) is 24.3 Å². The Morgan fingerprint density at radius 1 is 1.26 bits per heavy atom. The number of likely N-dealkylation sites (tertiary alicyclic amines) is 1. The molecule has 0 bridgehead atoms. The minimum absolute atomic E-state index is 0. The summed E-state index contributed by atoms with van der Waals surface area (Å²) in [5, 5.41) is 12.3. The quantitative estimate of drug-likeness (QED) is 0.839. The van der Waals surface area contributed by atoms with Crippen LogP contribution >= 0.6 is 24.0 Å². The zero-order valence-corrected chi connectivity index (χ0v) is 16.4. The zero-order chi connectivity index (χ0) is 18.1. The summed E-state index contributed by atoms with van der Waals surface area (Å²) in [7, 11) is 0. The van der Waals surface area contributed by atoms with Crippen LogP contribution < -0.4 is 5.32 Å². The summed E-state index contributed by atoms with van der Waals surface area (Å²) >= 11 is 6.04. The van der Waals surface area contributed by atoms with Crippen molar-refractivity contribution in [3.05, 3.63) is 46.3 Å². The number of piperidine rings is 1. The van der Waals surface area contributed by atoms with Crippen LogP contribution in [0, 0.1) is 5.82 Å². The highest BCUT2D eigenvalue weighted by Gasteiger charge is 2.28. The lowest BCUT2D eigenvalue weighted by molar-refractivity contribution is -0.131. The first-order valence-electron chi connectivity index (χ1n) is 8.96. The molecule has 2 aromatic rings. The number of carbonyl (C=O) groups is 1. The van der Waals surface area contributed by atoms with E-state index >= 15 is 0 Å². The van der Waals surface area contributed by atoms with Crippen molar-refractivity contribution in [1.29, 1.82) is 0 Å². The van der Waals surface area contributed by atoms with Gasteiger partial charge < -0.3 is 14.8 Å². The molecule has 4 rings (SSSR count). The number of carbonyl (C=O) groups excluding carboxylic acids is 1. The van der Waals surface area contributed by atoms with Gasteiger partial charge in [0.15, 0.2) is 0 Å². The van der Waals surface area contributed by atoms with Crippen LogP contribution in [0.2, 0.25) is 5.02 Å². The van der Waals surface area contributed by atoms with Crippen LogP contribution in [0.5, 0.6) is 0 Å². The first kappa shape index (κ1) is 20.0. The molecular formula is C18H22Cl2FN5O. The predicted molar refractivity (Wildman–Crippen MR) is 103 cm³/mol. The van der Waals surface area contributed by atoms with Gasteiger partial charge in [-0.1, -0.05) is 17.7 Å². The highest BCUT2D eigenvalue weighted by molar-refractivity contribution is 6.31. The number of fused-ring (bicyclic) bond motifs is 1. The number of hydrogen-bond acceptors (Lipinski definition) is 4. The highest BCUT2D eigenvalue weighted by atomic mass is 35.5. The molecule has 1 N–H and O–H groups in total. The van der Waals surface area contributed by atoms with Gasteiger partial charge in [-0.05, 0) is 30.5 Å². The Labute approximate surface area is 168 Å². The molecule has 2 aliphatic heterocycles. The number of aromatic nitrogens is 3. The van der Waals surface area contributed by atoms with E-state index in [-0.39, 0.29) is 30.6 Å². The van der Waals surface area contributed by atoms with Crippen LogP contribution in [0.25, 0.3) is 0 Å². The molecule has 6 nitrogen and oxygen atoms in total. The number of benzene rings is 1. The average Bonchev–Trinajstić information content (AvgIpc) is 3.08. The predicted octanol–water partition coefficient (Wildman–Crippen LogP) is 2.54. The SMILES string of the molecule is Cl.O=C(Cc1ccc(F)cc1Cl)N1CCC(c2nnc3n2CCNC3)CC1. The second-order valence-corrected chi connectivity index (χ2v) is 7.28. The van der Waals surface area contributed by atoms with Crippen molar-refractivity contribution in [1.82, 2.24) is 25.0 Å². The van der Waals surface area contributed by atoms with Gasteiger partial charge in [-0.15, -0.1) is 22.6 Å². The van der Waals surface area contributed by atoms with Crippen molar-refractivity contribution in [3.63, 3.8) is 0 Å². The molecule has 0 spiro atoms. The molecule has 0 atom stereocenters. The summed E-state index contributed by atoms with van der Waals surface area (Å²) in [6.45, 7) is 4.00. The molecule has 9 heteroatoms. The standard InChI is InChI=1S/C18H21ClFN5O.ClH/c19-15-10-14(20)2-1-13(15)9-17(26)24-6-3-12(4-7-24)18-23-22-16-11-21-5-8-25(16)18;/h1-2,10,12,21H,3-9,11H2;1H. The molecule has 2 aliphatic rings. The summed E-state index contributed by atoms with van der Waals surface area (Å²) in [6, 6.07) is 4.17. The molecular weight excluding hydrogens is 392 g/mol. The van der Waals surface area contributed by atoms with Gasteiger partial charge in [0.2, 0.25) is 5.91 Å². The Morgan fingerprint density at radius 3 is 2.78 bits per heavy atom. The van der Waals surface area contributed by atoms with E-state index < -0.39 is 0 Å². The van der Waals surface area contributed by atoms with E-state index in [9.17, 15) is 9.18 Å². The molecule has 1 fully saturated rings. The fraction of sp³-hybridized carbons (Fsp3) is 0.500. The second kappa shape index (κ2) is 8.54. The van der Waals surface area contributed by atoms with Crippen molar-refractivity contribution in [2.45, 2.75) is 38.3 Å². The summed E-state index contributed by atoms with van der Waals surface area (Å²) in [5.74, 6) is 2.03. The van der Waals surface area contributed by atoms with E-state index in [1.165, 1.54) is 12.1 Å². The topological polar surface area (TPSA) is 63.1 Å². The molecule has 3 heterocycles. The summed E-state index contributed by atoms with van der Waals surface area (Å²) in [6.07, 6.45) is 1.97. The van der Waals surface area contributed by atoms with Gasteiger partial charge >= 0.3 is 0 Å². The van der Waals surface area contributed by atoms with Crippen LogP contribution in [-0.4, -0.2) is 45.2 Å². The number of hydrogen-bond donors (Lipinski definition) is 1. The number of rotatable bonds is 3. The van der Waals surface area contributed by atoms with Crippen molar-refractivity contribution in [2.24, 2.45) is 0 Å². The molecule has 0 aliphatic carbocycles. The van der Waals surface area contributed by atoms with E-state index in [0.29, 0.717) is 29.6 Å². The third-order valence-corrected chi connectivity index (χ3v) is 5.57. The summed E-state index contributed by atoms with van der Waals surface area (Å²) in [5.41, 5.74) is 0.666. The van der Waals surface area contributed by atoms with Gasteiger partial charge in [0.1, 0.15) is 17.5 Å². The smallest absolute Gasteiger partial charge is 0.227 e. The molecule has 0 saturated carbocycles. The van der Waals surface area contributed by atoms with Crippen molar-refractivity contribution >= 4 is 29.9 Å². The fourth-order valence-corrected chi connectivity index (χ4v) is 3.98. The maximum absolute atomic E-state index is 13.1. The van der Waals surface area contributed by atoms with Gasteiger partial charge in [0.25, 0.3) is 0 Å². The molecule has 0 radical (unpaired) electrons. The maximum Gasteiger partial charge on any atom is 0.227 e. The van der Waals surface area contributed by atoms with E-state index in [4.69, 9.17) is 11.6 Å². The molecule has 1 aromatic carbocycles. The van der Waals surface area contributed by atoms with Gasteiger partial charge in [0, 0.05) is 37.1 Å². The van der Waals surface area contributed by atoms with Crippen LogP contribution in [0.4, 0.5) is 4.39 Å². The lowest BCUT2D eigenvalue weighted by Crippen LogP contribution is -2.39. The lowest BCUT2D eigenvalue weighted by atomic mass is 9.95. The van der Waals surface area contributed by atoms with Crippen LogP contribution in [0.15, 0.2) is 18.2 Å². The third-order valence-electron chi connectivity index (χ3n) is 5.22. The zero-order valence-electron chi connectivity index (χ0n) is 14.8. The van der Waals surface area contributed by atoms with Crippen molar-refractivity contribution in [3.8, 4) is 0 Å². The Bertz CT molecular complexity index is 820. The lowest BCUT2D eigenvalue weighted by Gasteiger charge is -2.32. The van der Waals surface area contributed by atoms with Gasteiger partial charge in [-0.25, -0.2) is 4.39 Å². The van der Waals surface area contributed by atoms with E-state index in [0.717, 1.165) is 44.1 Å². The highest BCUT2D eigenvalue weighted by Crippen LogP contribution is 2.28. The maximum atomic E-state index is 13.1. The van der Waals surface area contributed by atoms with Crippen LogP contribution in [0.1, 0.15) is 36.0 Å². The Balaban J connectivity index is 0.00000210. The number of halogens is 3. The van der Waals surface area contributed by atoms with E-state index in [1.54, 1.807) is 6.07 Å². The number of amides is 1. The molecule has 1 amide bonds. The van der Waals surface area contributed by atoms with Crippen LogP contribution in [0.3, 0.4) is 0 Å². The van der Waals surface area contributed by atoms with Gasteiger partial charge in [0.05, 0.1) is 13.0 Å². The third kappa shape index (κ3) is 4.25. The molecule has 1 saturated heterocycles. The minimum Gasteiger partial charge on any atom is -0.342 e. The Morgan fingerprint density at radius 2 is 2.04 bits per heavy atom.